The first-order valence-corrected chi connectivity index (χ1v) is 8.42. The van der Waals surface area contributed by atoms with Crippen molar-refractivity contribution in [1.82, 2.24) is 10.2 Å². The van der Waals surface area contributed by atoms with Crippen LogP contribution in [0, 0.1) is 5.92 Å². The molecule has 0 radical (unpaired) electrons. The van der Waals surface area contributed by atoms with Gasteiger partial charge < -0.3 is 24.4 Å². The lowest BCUT2D eigenvalue weighted by Gasteiger charge is -2.21. The molecule has 1 saturated heterocycles. The Balaban J connectivity index is 0.00000312. The zero-order valence-electron chi connectivity index (χ0n) is 15.4. The molecule has 142 valence electrons. The van der Waals surface area contributed by atoms with E-state index in [1.165, 1.54) is 5.56 Å². The number of benzene rings is 1. The van der Waals surface area contributed by atoms with Crippen LogP contribution in [-0.2, 0) is 16.0 Å². The summed E-state index contributed by atoms with van der Waals surface area (Å²) in [6, 6.07) is 8.11. The standard InChI is InChI=1S/C18H29N3O3.HI/c1-19-18(21-9-8-16(13-21)14-23-3)20-12-15-4-6-17(7-5-15)24-11-10-22-2;/h4-7,16H,8-14H2,1-3H3,(H,19,20);1H. The number of nitrogens with one attached hydrogen (secondary N) is 1. The monoisotopic (exact) mass is 463 g/mol. The van der Waals surface area contributed by atoms with Crippen molar-refractivity contribution in [3.05, 3.63) is 29.8 Å². The summed E-state index contributed by atoms with van der Waals surface area (Å²) in [5.74, 6) is 2.41. The van der Waals surface area contributed by atoms with Crippen LogP contribution in [-0.4, -0.2) is 65.0 Å². The predicted octanol–water partition coefficient (Wildman–Crippen LogP) is 2.37. The average molecular weight is 463 g/mol. The van der Waals surface area contributed by atoms with Crippen LogP contribution in [0.2, 0.25) is 0 Å². The van der Waals surface area contributed by atoms with Gasteiger partial charge in [-0.05, 0) is 24.1 Å². The highest BCUT2D eigenvalue weighted by Crippen LogP contribution is 2.17. The highest BCUT2D eigenvalue weighted by molar-refractivity contribution is 14.0. The lowest BCUT2D eigenvalue weighted by molar-refractivity contribution is 0.146. The Hall–Kier alpha value is -1.06. The molecule has 2 rings (SSSR count). The molecule has 1 N–H and O–H groups in total. The van der Waals surface area contributed by atoms with Gasteiger partial charge >= 0.3 is 0 Å². The topological polar surface area (TPSA) is 55.3 Å². The van der Waals surface area contributed by atoms with Crippen molar-refractivity contribution in [3.8, 4) is 5.75 Å². The molecule has 1 fully saturated rings. The van der Waals surface area contributed by atoms with E-state index in [9.17, 15) is 0 Å². The fraction of sp³-hybridized carbons (Fsp3) is 0.611. The third kappa shape index (κ3) is 7.37. The van der Waals surface area contributed by atoms with Gasteiger partial charge in [-0.25, -0.2) is 0 Å². The Kier molecular flexibility index (Phi) is 10.8. The first-order valence-electron chi connectivity index (χ1n) is 8.42. The molecule has 1 aromatic rings. The number of guanidine groups is 1. The van der Waals surface area contributed by atoms with Gasteiger partial charge in [0.15, 0.2) is 5.96 Å². The molecule has 1 aliphatic heterocycles. The summed E-state index contributed by atoms with van der Waals surface area (Å²) in [7, 11) is 5.26. The number of methoxy groups -OCH3 is 2. The highest BCUT2D eigenvalue weighted by Gasteiger charge is 2.24. The zero-order chi connectivity index (χ0) is 17.2. The number of likely N-dealkylation sites (tertiary alicyclic amines) is 1. The van der Waals surface area contributed by atoms with Crippen LogP contribution in [0.15, 0.2) is 29.3 Å². The van der Waals surface area contributed by atoms with Crippen LogP contribution in [0.25, 0.3) is 0 Å². The van der Waals surface area contributed by atoms with E-state index in [2.05, 4.69) is 27.3 Å². The van der Waals surface area contributed by atoms with Gasteiger partial charge in [0.25, 0.3) is 0 Å². The Morgan fingerprint density at radius 1 is 1.20 bits per heavy atom. The second kappa shape index (κ2) is 12.3. The van der Waals surface area contributed by atoms with E-state index < -0.39 is 0 Å². The highest BCUT2D eigenvalue weighted by atomic mass is 127. The third-order valence-corrected chi connectivity index (χ3v) is 4.13. The average Bonchev–Trinajstić information content (AvgIpc) is 3.06. The molecule has 0 saturated carbocycles. The van der Waals surface area contributed by atoms with Crippen molar-refractivity contribution in [2.45, 2.75) is 13.0 Å². The number of nitrogens with zero attached hydrogens (tertiary/aromatic N) is 2. The zero-order valence-corrected chi connectivity index (χ0v) is 17.7. The maximum atomic E-state index is 5.58. The molecule has 1 aromatic carbocycles. The van der Waals surface area contributed by atoms with Gasteiger partial charge in [0, 0.05) is 46.8 Å². The number of hydrogen-bond donors (Lipinski definition) is 1. The van der Waals surface area contributed by atoms with E-state index in [1.807, 2.05) is 19.2 Å². The second-order valence-corrected chi connectivity index (χ2v) is 5.94. The third-order valence-electron chi connectivity index (χ3n) is 4.13. The van der Waals surface area contributed by atoms with Gasteiger partial charge in [0.2, 0.25) is 0 Å². The quantitative estimate of drug-likeness (QED) is 0.278. The summed E-state index contributed by atoms with van der Waals surface area (Å²) >= 11 is 0. The summed E-state index contributed by atoms with van der Waals surface area (Å²) < 4.78 is 15.8. The number of rotatable bonds is 8. The molecule has 0 aromatic heterocycles. The molecule has 1 atom stereocenters. The summed E-state index contributed by atoms with van der Waals surface area (Å²) in [4.78, 5) is 6.70. The maximum Gasteiger partial charge on any atom is 0.193 e. The Labute approximate surface area is 167 Å². The van der Waals surface area contributed by atoms with Crippen LogP contribution >= 0.6 is 24.0 Å². The van der Waals surface area contributed by atoms with E-state index in [0.717, 1.165) is 44.4 Å². The van der Waals surface area contributed by atoms with Crippen LogP contribution in [0.1, 0.15) is 12.0 Å². The van der Waals surface area contributed by atoms with E-state index in [-0.39, 0.29) is 24.0 Å². The molecule has 1 aliphatic rings. The van der Waals surface area contributed by atoms with Crippen molar-refractivity contribution < 1.29 is 14.2 Å². The van der Waals surface area contributed by atoms with Gasteiger partial charge in [-0.2, -0.15) is 0 Å². The van der Waals surface area contributed by atoms with E-state index in [0.29, 0.717) is 19.1 Å². The number of hydrogen-bond acceptors (Lipinski definition) is 4. The van der Waals surface area contributed by atoms with Gasteiger partial charge in [0.05, 0.1) is 13.2 Å². The number of halogens is 1. The molecule has 0 aliphatic carbocycles. The van der Waals surface area contributed by atoms with Crippen molar-refractivity contribution in [1.29, 1.82) is 0 Å². The minimum absolute atomic E-state index is 0. The van der Waals surface area contributed by atoms with Crippen LogP contribution < -0.4 is 10.1 Å². The number of ether oxygens (including phenoxy) is 3. The van der Waals surface area contributed by atoms with Crippen LogP contribution in [0.4, 0.5) is 0 Å². The first kappa shape index (κ1) is 22.0. The largest absolute Gasteiger partial charge is 0.491 e. The molecule has 0 bridgehead atoms. The first-order chi connectivity index (χ1) is 11.8. The fourth-order valence-corrected chi connectivity index (χ4v) is 2.86. The molecule has 1 unspecified atom stereocenters. The predicted molar refractivity (Wildman–Crippen MR) is 111 cm³/mol. The van der Waals surface area contributed by atoms with Crippen LogP contribution in [0.3, 0.4) is 0 Å². The van der Waals surface area contributed by atoms with Crippen molar-refractivity contribution in [2.75, 3.05) is 54.2 Å². The lowest BCUT2D eigenvalue weighted by Crippen LogP contribution is -2.39. The van der Waals surface area contributed by atoms with Crippen molar-refractivity contribution in [3.63, 3.8) is 0 Å². The smallest absolute Gasteiger partial charge is 0.193 e. The summed E-state index contributed by atoms with van der Waals surface area (Å²) in [5.41, 5.74) is 1.20. The van der Waals surface area contributed by atoms with Gasteiger partial charge in [-0.15, -0.1) is 24.0 Å². The minimum atomic E-state index is 0. The number of aliphatic imine (C=N–C) groups is 1. The van der Waals surface area contributed by atoms with E-state index in [4.69, 9.17) is 14.2 Å². The molecule has 0 amide bonds. The Bertz CT molecular complexity index is 511. The second-order valence-electron chi connectivity index (χ2n) is 5.94. The van der Waals surface area contributed by atoms with Gasteiger partial charge in [-0.1, -0.05) is 12.1 Å². The minimum Gasteiger partial charge on any atom is -0.491 e. The molecule has 0 spiro atoms. The summed E-state index contributed by atoms with van der Waals surface area (Å²) in [6.45, 7) is 4.76. The summed E-state index contributed by atoms with van der Waals surface area (Å²) in [6.07, 6.45) is 1.15. The molecule has 25 heavy (non-hydrogen) atoms. The molecule has 1 heterocycles. The van der Waals surface area contributed by atoms with E-state index in [1.54, 1.807) is 14.2 Å². The van der Waals surface area contributed by atoms with Crippen molar-refractivity contribution in [2.24, 2.45) is 10.9 Å². The van der Waals surface area contributed by atoms with E-state index >= 15 is 0 Å². The van der Waals surface area contributed by atoms with Gasteiger partial charge in [-0.3, -0.25) is 4.99 Å². The Morgan fingerprint density at radius 3 is 2.60 bits per heavy atom. The van der Waals surface area contributed by atoms with Crippen molar-refractivity contribution >= 4 is 29.9 Å². The lowest BCUT2D eigenvalue weighted by atomic mass is 10.1. The molecule has 6 nitrogen and oxygen atoms in total. The molecular formula is C18H30IN3O3. The summed E-state index contributed by atoms with van der Waals surface area (Å²) in [5, 5.41) is 3.44. The fourth-order valence-electron chi connectivity index (χ4n) is 2.86. The Morgan fingerprint density at radius 2 is 1.96 bits per heavy atom. The SMILES string of the molecule is CN=C(NCc1ccc(OCCOC)cc1)N1CCC(COC)C1.I. The normalized spacial score (nSPS) is 17.3. The molecular weight excluding hydrogens is 433 g/mol. The molecule has 7 heteroatoms. The van der Waals surface area contributed by atoms with Gasteiger partial charge in [0.1, 0.15) is 12.4 Å². The van der Waals surface area contributed by atoms with Crippen LogP contribution in [0.5, 0.6) is 5.75 Å². The maximum absolute atomic E-state index is 5.58.